The Labute approximate surface area is 250 Å². The molecule has 3 N–H and O–H groups in total. The maximum absolute atomic E-state index is 13.7. The predicted octanol–water partition coefficient (Wildman–Crippen LogP) is 1.84. The Morgan fingerprint density at radius 3 is 2.42 bits per heavy atom. The van der Waals surface area contributed by atoms with Crippen molar-refractivity contribution in [2.24, 2.45) is 22.7 Å². The number of rotatable bonds is 5. The molecule has 1 saturated heterocycles. The Bertz CT molecular complexity index is 1360. The van der Waals surface area contributed by atoms with Crippen LogP contribution < -0.4 is 0 Å². The summed E-state index contributed by atoms with van der Waals surface area (Å²) in [7, 11) is 0. The van der Waals surface area contributed by atoms with Crippen LogP contribution in [0.5, 0.6) is 0 Å². The molecule has 1 spiro atoms. The minimum Gasteiger partial charge on any atom is -0.465 e. The molecule has 11 nitrogen and oxygen atoms in total. The molecule has 6 aliphatic rings. The highest BCUT2D eigenvalue weighted by molar-refractivity contribution is 5.98. The summed E-state index contributed by atoms with van der Waals surface area (Å²) in [6, 6.07) is 0. The third kappa shape index (κ3) is 3.56. The van der Waals surface area contributed by atoms with E-state index in [1.54, 1.807) is 19.9 Å². The lowest BCUT2D eigenvalue weighted by Crippen LogP contribution is -2.75. The van der Waals surface area contributed by atoms with E-state index in [9.17, 15) is 34.5 Å². The van der Waals surface area contributed by atoms with Crippen LogP contribution in [0.25, 0.3) is 0 Å². The van der Waals surface area contributed by atoms with Crippen LogP contribution in [0.1, 0.15) is 80.1 Å². The predicted molar refractivity (Wildman–Crippen MR) is 148 cm³/mol. The average Bonchev–Trinajstić information content (AvgIpc) is 3.61. The van der Waals surface area contributed by atoms with E-state index in [1.165, 1.54) is 26.8 Å². The number of hydrogen-bond donors (Lipinski definition) is 3. The fraction of sp³-hybridized carbons (Fsp3) is 0.750. The standard InChI is InChI=1S/C32H42O11/c1-16-13-24(42-26(36)17(16)2)28(6,37)31(39)12-11-30(38)21-14-25-32(43-25)23(41-19(4)34)8-7-22(35)27(32,5)20(21)9-10-29(30,31)15-40-18(3)33/h7-8,20-21,23-25,37-39H,9-15H2,1-6H3/t20-,21+,23-,24+,25+,27-,28-,29+,30+,31+,32+/m0/s1. The van der Waals surface area contributed by atoms with E-state index in [1.807, 2.05) is 6.92 Å². The van der Waals surface area contributed by atoms with Crippen LogP contribution in [0.4, 0.5) is 0 Å². The molecule has 2 heterocycles. The second-order valence-electron chi connectivity index (χ2n) is 14.1. The zero-order chi connectivity index (χ0) is 31.5. The number of hydrogen-bond acceptors (Lipinski definition) is 11. The van der Waals surface area contributed by atoms with E-state index in [-0.39, 0.29) is 38.1 Å². The molecule has 0 amide bonds. The molecule has 3 saturated carbocycles. The van der Waals surface area contributed by atoms with Gasteiger partial charge in [-0.15, -0.1) is 0 Å². The SMILES string of the molecule is CC(=O)OC[C@]12CC[C@H]3[C@@H](C[C@H]4O[C@]45[C@@H](OC(C)=O)C=CC(=O)[C@]35C)[C@]1(O)CC[C@@]2(O)[C@@](C)(O)[C@H]1CC(C)=C(C)C(=O)O1. The molecule has 11 atom stereocenters. The third-order valence-corrected chi connectivity index (χ3v) is 12.6. The van der Waals surface area contributed by atoms with Crippen molar-refractivity contribution in [1.82, 2.24) is 0 Å². The van der Waals surface area contributed by atoms with Gasteiger partial charge in [-0.25, -0.2) is 4.79 Å². The number of carbonyl (C=O) groups excluding carboxylic acids is 4. The highest BCUT2D eigenvalue weighted by Gasteiger charge is 2.85. The molecule has 0 radical (unpaired) electrons. The molecule has 236 valence electrons. The summed E-state index contributed by atoms with van der Waals surface area (Å²) in [5.41, 5.74) is -8.35. The average molecular weight is 603 g/mol. The normalized spacial score (nSPS) is 47.8. The lowest BCUT2D eigenvalue weighted by molar-refractivity contribution is -0.297. The lowest BCUT2D eigenvalue weighted by atomic mass is 9.42. The van der Waals surface area contributed by atoms with Gasteiger partial charge in [0.15, 0.2) is 11.9 Å². The second-order valence-corrected chi connectivity index (χ2v) is 14.1. The molecular formula is C32H42O11. The summed E-state index contributed by atoms with van der Waals surface area (Å²) < 4.78 is 23.1. The minimum atomic E-state index is -2.04. The minimum absolute atomic E-state index is 0.0454. The number of ketones is 1. The monoisotopic (exact) mass is 602 g/mol. The molecule has 0 aromatic rings. The van der Waals surface area contributed by atoms with Crippen molar-refractivity contribution in [2.75, 3.05) is 6.61 Å². The quantitative estimate of drug-likeness (QED) is 0.238. The summed E-state index contributed by atoms with van der Waals surface area (Å²) >= 11 is 0. The maximum atomic E-state index is 13.7. The Hall–Kier alpha value is -2.60. The Morgan fingerprint density at radius 1 is 1.09 bits per heavy atom. The number of fused-ring (bicyclic) bond motifs is 4. The zero-order valence-corrected chi connectivity index (χ0v) is 25.6. The summed E-state index contributed by atoms with van der Waals surface area (Å²) in [5, 5.41) is 37.8. The van der Waals surface area contributed by atoms with Gasteiger partial charge < -0.3 is 34.3 Å². The number of epoxide rings is 1. The molecule has 0 bridgehead atoms. The first-order valence-corrected chi connectivity index (χ1v) is 15.2. The van der Waals surface area contributed by atoms with Crippen molar-refractivity contribution in [3.05, 3.63) is 23.3 Å². The van der Waals surface area contributed by atoms with E-state index >= 15 is 0 Å². The van der Waals surface area contributed by atoms with Crippen LogP contribution >= 0.6 is 0 Å². The third-order valence-electron chi connectivity index (χ3n) is 12.6. The number of ether oxygens (including phenoxy) is 4. The van der Waals surface area contributed by atoms with Gasteiger partial charge in [-0.1, -0.05) is 5.57 Å². The number of cyclic esters (lactones) is 1. The van der Waals surface area contributed by atoms with E-state index < -0.39 is 81.3 Å². The van der Waals surface area contributed by atoms with E-state index in [0.717, 1.165) is 5.57 Å². The van der Waals surface area contributed by atoms with E-state index in [4.69, 9.17) is 18.9 Å². The second kappa shape index (κ2) is 9.22. The number of carbonyl (C=O) groups is 4. The van der Waals surface area contributed by atoms with Gasteiger partial charge in [-0.05, 0) is 83.8 Å². The van der Waals surface area contributed by atoms with Gasteiger partial charge in [0.2, 0.25) is 0 Å². The van der Waals surface area contributed by atoms with Crippen molar-refractivity contribution < 1.29 is 53.4 Å². The first-order chi connectivity index (χ1) is 19.9. The number of allylic oxidation sites excluding steroid dienone is 1. The molecular weight excluding hydrogens is 560 g/mol. The highest BCUT2D eigenvalue weighted by atomic mass is 16.7. The van der Waals surface area contributed by atoms with Gasteiger partial charge in [0.25, 0.3) is 0 Å². The van der Waals surface area contributed by atoms with Crippen molar-refractivity contribution in [3.8, 4) is 0 Å². The smallest absolute Gasteiger partial charge is 0.334 e. The summed E-state index contributed by atoms with van der Waals surface area (Å²) in [5.74, 6) is -2.88. The molecule has 0 aromatic carbocycles. The fourth-order valence-corrected chi connectivity index (χ4v) is 10.0. The number of esters is 3. The van der Waals surface area contributed by atoms with Gasteiger partial charge in [-0.3, -0.25) is 14.4 Å². The van der Waals surface area contributed by atoms with Crippen LogP contribution in [0, 0.1) is 22.7 Å². The molecule has 43 heavy (non-hydrogen) atoms. The summed E-state index contributed by atoms with van der Waals surface area (Å²) in [4.78, 5) is 50.6. The van der Waals surface area contributed by atoms with Crippen molar-refractivity contribution >= 4 is 23.7 Å². The molecule has 0 unspecified atom stereocenters. The Morgan fingerprint density at radius 2 is 1.79 bits per heavy atom. The molecule has 2 aliphatic heterocycles. The van der Waals surface area contributed by atoms with E-state index in [2.05, 4.69) is 0 Å². The van der Waals surface area contributed by atoms with Gasteiger partial charge in [0.05, 0.1) is 22.5 Å². The van der Waals surface area contributed by atoms with Crippen molar-refractivity contribution in [3.63, 3.8) is 0 Å². The Kier molecular flexibility index (Phi) is 6.52. The fourth-order valence-electron chi connectivity index (χ4n) is 10.0. The van der Waals surface area contributed by atoms with Crippen molar-refractivity contribution in [1.29, 1.82) is 0 Å². The van der Waals surface area contributed by atoms with Crippen LogP contribution in [0.2, 0.25) is 0 Å². The van der Waals surface area contributed by atoms with Crippen LogP contribution in [0.3, 0.4) is 0 Å². The van der Waals surface area contributed by atoms with E-state index in [0.29, 0.717) is 18.4 Å². The summed E-state index contributed by atoms with van der Waals surface area (Å²) in [6.07, 6.45) is 1.54. The molecule has 4 aliphatic carbocycles. The van der Waals surface area contributed by atoms with Gasteiger partial charge in [0, 0.05) is 25.8 Å². The number of aliphatic hydroxyl groups is 3. The lowest BCUT2D eigenvalue weighted by Gasteiger charge is -2.64. The Balaban J connectivity index is 1.43. The first-order valence-electron chi connectivity index (χ1n) is 15.2. The molecule has 4 fully saturated rings. The topological polar surface area (TPSA) is 169 Å². The molecule has 0 aromatic heterocycles. The van der Waals surface area contributed by atoms with Crippen LogP contribution in [0.15, 0.2) is 23.3 Å². The van der Waals surface area contributed by atoms with Gasteiger partial charge in [0.1, 0.15) is 29.5 Å². The largest absolute Gasteiger partial charge is 0.465 e. The van der Waals surface area contributed by atoms with Crippen molar-refractivity contribution in [2.45, 2.75) is 121 Å². The van der Waals surface area contributed by atoms with Gasteiger partial charge >= 0.3 is 17.9 Å². The highest BCUT2D eigenvalue weighted by Crippen LogP contribution is 2.75. The maximum Gasteiger partial charge on any atom is 0.334 e. The molecule has 11 heteroatoms. The first kappa shape index (κ1) is 30.4. The van der Waals surface area contributed by atoms with Gasteiger partial charge in [-0.2, -0.15) is 0 Å². The zero-order valence-electron chi connectivity index (χ0n) is 25.6. The van der Waals surface area contributed by atoms with Crippen LogP contribution in [-0.2, 0) is 38.1 Å². The van der Waals surface area contributed by atoms with Crippen LogP contribution in [-0.4, -0.2) is 86.3 Å². The summed E-state index contributed by atoms with van der Waals surface area (Å²) in [6.45, 7) is 8.82. The molecule has 6 rings (SSSR count).